The summed E-state index contributed by atoms with van der Waals surface area (Å²) in [6.45, 7) is 2.95. The van der Waals surface area contributed by atoms with Crippen molar-refractivity contribution in [3.05, 3.63) is 46.9 Å². The summed E-state index contributed by atoms with van der Waals surface area (Å²) in [7, 11) is 3.44. The molecule has 0 radical (unpaired) electrons. The minimum Gasteiger partial charge on any atom is -0.494 e. The van der Waals surface area contributed by atoms with E-state index in [1.165, 1.54) is 6.42 Å². The quantitative estimate of drug-likeness (QED) is 0.565. The van der Waals surface area contributed by atoms with Gasteiger partial charge in [-0.2, -0.15) is 10.1 Å². The third-order valence-electron chi connectivity index (χ3n) is 4.95. The van der Waals surface area contributed by atoms with Gasteiger partial charge in [0.05, 0.1) is 24.0 Å². The number of hydrogen-bond acceptors (Lipinski definition) is 7. The van der Waals surface area contributed by atoms with Crippen molar-refractivity contribution in [3.8, 4) is 11.4 Å². The number of methoxy groups -OCH3 is 1. The SMILES string of the molecule is CNc1cc(C)nc(Nc2ccc(OC)c(-n3cc([C@@H]4CCCN4)cn3)c2Cl)n1. The third-order valence-corrected chi connectivity index (χ3v) is 5.33. The fraction of sp³-hybridized carbons (Fsp3) is 0.350. The van der Waals surface area contributed by atoms with Gasteiger partial charge in [-0.05, 0) is 38.4 Å². The fourth-order valence-electron chi connectivity index (χ4n) is 3.50. The molecule has 1 atom stereocenters. The predicted molar refractivity (Wildman–Crippen MR) is 115 cm³/mol. The number of halogens is 1. The Morgan fingerprint density at radius 2 is 2.17 bits per heavy atom. The van der Waals surface area contributed by atoms with E-state index in [0.29, 0.717) is 34.1 Å². The Kier molecular flexibility index (Phi) is 5.55. The van der Waals surface area contributed by atoms with Crippen LogP contribution in [0.4, 0.5) is 17.5 Å². The molecular formula is C20H24ClN7O. The molecule has 0 saturated carbocycles. The van der Waals surface area contributed by atoms with Gasteiger partial charge in [-0.25, -0.2) is 9.67 Å². The summed E-state index contributed by atoms with van der Waals surface area (Å²) in [5.41, 5.74) is 3.33. The monoisotopic (exact) mass is 413 g/mol. The first kappa shape index (κ1) is 19.5. The Morgan fingerprint density at radius 3 is 2.90 bits per heavy atom. The molecule has 8 nitrogen and oxygen atoms in total. The van der Waals surface area contributed by atoms with Crippen LogP contribution in [0, 0.1) is 6.92 Å². The molecule has 1 fully saturated rings. The number of nitrogens with zero attached hydrogens (tertiary/aromatic N) is 4. The minimum atomic E-state index is 0.329. The van der Waals surface area contributed by atoms with Gasteiger partial charge >= 0.3 is 0 Å². The van der Waals surface area contributed by atoms with Gasteiger partial charge in [-0.3, -0.25) is 0 Å². The highest BCUT2D eigenvalue weighted by atomic mass is 35.5. The molecule has 152 valence electrons. The van der Waals surface area contributed by atoms with Crippen LogP contribution in [-0.2, 0) is 0 Å². The fourth-order valence-corrected chi connectivity index (χ4v) is 3.79. The predicted octanol–water partition coefficient (Wildman–Crippen LogP) is 3.84. The average molecular weight is 414 g/mol. The standard InChI is InChI=1S/C20H24ClN7O/c1-12-9-17(22-2)27-20(25-12)26-15-6-7-16(29-3)19(18(15)21)28-11-13(10-24-28)14-5-4-8-23-14/h6-7,9-11,14,23H,4-5,8H2,1-3H3,(H2,22,25,26,27)/t14-/m0/s1. The van der Waals surface area contributed by atoms with Gasteiger partial charge in [0.25, 0.3) is 0 Å². The molecule has 3 N–H and O–H groups in total. The molecule has 1 aliphatic heterocycles. The number of rotatable bonds is 6. The molecule has 4 rings (SSSR count). The van der Waals surface area contributed by atoms with Gasteiger partial charge < -0.3 is 20.7 Å². The van der Waals surface area contributed by atoms with E-state index >= 15 is 0 Å². The first-order valence-electron chi connectivity index (χ1n) is 9.54. The van der Waals surface area contributed by atoms with Gasteiger partial charge in [0, 0.05) is 36.6 Å². The summed E-state index contributed by atoms with van der Waals surface area (Å²) in [5.74, 6) is 1.82. The van der Waals surface area contributed by atoms with E-state index in [9.17, 15) is 0 Å². The molecule has 0 amide bonds. The normalized spacial score (nSPS) is 16.1. The van der Waals surface area contributed by atoms with Crippen molar-refractivity contribution < 1.29 is 4.74 Å². The van der Waals surface area contributed by atoms with Gasteiger partial charge in [0.2, 0.25) is 5.95 Å². The van der Waals surface area contributed by atoms with Gasteiger partial charge in [0.15, 0.2) is 0 Å². The Bertz CT molecular complexity index is 1010. The largest absolute Gasteiger partial charge is 0.494 e. The lowest BCUT2D eigenvalue weighted by Crippen LogP contribution is -2.12. The van der Waals surface area contributed by atoms with Crippen molar-refractivity contribution in [2.45, 2.75) is 25.8 Å². The van der Waals surface area contributed by atoms with Crippen LogP contribution in [0.5, 0.6) is 5.75 Å². The Labute approximate surface area is 174 Å². The van der Waals surface area contributed by atoms with Crippen LogP contribution >= 0.6 is 11.6 Å². The minimum absolute atomic E-state index is 0.329. The van der Waals surface area contributed by atoms with E-state index in [1.807, 2.05) is 44.6 Å². The second-order valence-corrected chi connectivity index (χ2v) is 7.32. The van der Waals surface area contributed by atoms with Gasteiger partial charge in [-0.15, -0.1) is 0 Å². The summed E-state index contributed by atoms with van der Waals surface area (Å²) in [6.07, 6.45) is 6.15. The summed E-state index contributed by atoms with van der Waals surface area (Å²) in [5, 5.41) is 14.7. The number of hydrogen-bond donors (Lipinski definition) is 3. The molecule has 29 heavy (non-hydrogen) atoms. The molecule has 1 aromatic carbocycles. The second kappa shape index (κ2) is 8.26. The summed E-state index contributed by atoms with van der Waals surface area (Å²) >= 11 is 6.77. The number of nitrogens with one attached hydrogen (secondary N) is 3. The number of aryl methyl sites for hydroxylation is 1. The number of benzene rings is 1. The van der Waals surface area contributed by atoms with E-state index in [2.05, 4.69) is 31.0 Å². The zero-order valence-electron chi connectivity index (χ0n) is 16.7. The van der Waals surface area contributed by atoms with E-state index in [1.54, 1.807) is 11.8 Å². The van der Waals surface area contributed by atoms with Crippen LogP contribution in [0.3, 0.4) is 0 Å². The maximum atomic E-state index is 6.77. The average Bonchev–Trinajstić information content (AvgIpc) is 3.40. The Balaban J connectivity index is 1.70. The molecular weight excluding hydrogens is 390 g/mol. The van der Waals surface area contributed by atoms with Crippen molar-refractivity contribution in [2.24, 2.45) is 0 Å². The molecule has 3 heterocycles. The molecule has 1 saturated heterocycles. The Hall–Kier alpha value is -2.84. The van der Waals surface area contributed by atoms with E-state index < -0.39 is 0 Å². The number of anilines is 3. The highest BCUT2D eigenvalue weighted by Crippen LogP contribution is 2.37. The Morgan fingerprint density at radius 1 is 1.31 bits per heavy atom. The van der Waals surface area contributed by atoms with Crippen LogP contribution in [0.25, 0.3) is 5.69 Å². The molecule has 9 heteroatoms. The van der Waals surface area contributed by atoms with Crippen LogP contribution in [-0.4, -0.2) is 40.5 Å². The zero-order valence-corrected chi connectivity index (χ0v) is 17.4. The first-order valence-corrected chi connectivity index (χ1v) is 9.92. The second-order valence-electron chi connectivity index (χ2n) is 6.94. The molecule has 0 aliphatic carbocycles. The lowest BCUT2D eigenvalue weighted by Gasteiger charge is -2.15. The van der Waals surface area contributed by atoms with Gasteiger partial charge in [0.1, 0.15) is 17.3 Å². The summed E-state index contributed by atoms with van der Waals surface area (Å²) in [6, 6.07) is 5.90. The van der Waals surface area contributed by atoms with Gasteiger partial charge in [-0.1, -0.05) is 11.6 Å². The molecule has 3 aromatic rings. The maximum absolute atomic E-state index is 6.77. The van der Waals surface area contributed by atoms with Crippen LogP contribution < -0.4 is 20.7 Å². The van der Waals surface area contributed by atoms with E-state index in [-0.39, 0.29) is 0 Å². The zero-order chi connectivity index (χ0) is 20.4. The van der Waals surface area contributed by atoms with Crippen LogP contribution in [0.2, 0.25) is 5.02 Å². The topological polar surface area (TPSA) is 88.9 Å². The molecule has 0 unspecified atom stereocenters. The smallest absolute Gasteiger partial charge is 0.229 e. The lowest BCUT2D eigenvalue weighted by atomic mass is 10.1. The molecule has 1 aliphatic rings. The molecule has 0 bridgehead atoms. The lowest BCUT2D eigenvalue weighted by molar-refractivity contribution is 0.412. The first-order chi connectivity index (χ1) is 14.1. The van der Waals surface area contributed by atoms with Crippen molar-refractivity contribution >= 4 is 29.1 Å². The highest BCUT2D eigenvalue weighted by molar-refractivity contribution is 6.35. The summed E-state index contributed by atoms with van der Waals surface area (Å²) < 4.78 is 7.31. The molecule has 2 aromatic heterocycles. The third kappa shape index (κ3) is 3.99. The highest BCUT2D eigenvalue weighted by Gasteiger charge is 2.21. The number of aromatic nitrogens is 4. The van der Waals surface area contributed by atoms with Crippen molar-refractivity contribution in [1.29, 1.82) is 0 Å². The van der Waals surface area contributed by atoms with E-state index in [4.69, 9.17) is 16.3 Å². The summed E-state index contributed by atoms with van der Waals surface area (Å²) in [4.78, 5) is 8.87. The maximum Gasteiger partial charge on any atom is 0.229 e. The van der Waals surface area contributed by atoms with Crippen LogP contribution in [0.15, 0.2) is 30.6 Å². The molecule has 0 spiro atoms. The van der Waals surface area contributed by atoms with E-state index in [0.717, 1.165) is 30.0 Å². The van der Waals surface area contributed by atoms with Crippen LogP contribution in [0.1, 0.15) is 30.1 Å². The van der Waals surface area contributed by atoms with Crippen molar-refractivity contribution in [1.82, 2.24) is 25.1 Å². The number of ether oxygens (including phenoxy) is 1. The van der Waals surface area contributed by atoms with Crippen molar-refractivity contribution in [2.75, 3.05) is 31.3 Å². The van der Waals surface area contributed by atoms with Crippen molar-refractivity contribution in [3.63, 3.8) is 0 Å².